The topological polar surface area (TPSA) is 38.3 Å². The highest BCUT2D eigenvalue weighted by Gasteiger charge is 2.23. The first kappa shape index (κ1) is 11.7. The molecule has 3 rings (SSSR count). The summed E-state index contributed by atoms with van der Waals surface area (Å²) in [5, 5.41) is 3.01. The van der Waals surface area contributed by atoms with Gasteiger partial charge in [-0.2, -0.15) is 0 Å². The number of benzene rings is 1. The van der Waals surface area contributed by atoms with Crippen molar-refractivity contribution in [2.24, 2.45) is 5.92 Å². The van der Waals surface area contributed by atoms with E-state index in [-0.39, 0.29) is 11.8 Å². The van der Waals surface area contributed by atoms with Crippen LogP contribution in [0.4, 0.5) is 0 Å². The summed E-state index contributed by atoms with van der Waals surface area (Å²) >= 11 is 0. The van der Waals surface area contributed by atoms with Crippen LogP contribution in [0.2, 0.25) is 0 Å². The molecule has 1 aromatic rings. The summed E-state index contributed by atoms with van der Waals surface area (Å²) < 4.78 is 5.23. The number of carbonyl (C=O) groups excluding carboxylic acids is 1. The number of ether oxygens (including phenoxy) is 1. The smallest absolute Gasteiger partial charge is 0.225 e. The molecule has 18 heavy (non-hydrogen) atoms. The highest BCUT2D eigenvalue weighted by atomic mass is 16.5. The van der Waals surface area contributed by atoms with Gasteiger partial charge in [-0.3, -0.25) is 4.79 Å². The van der Waals surface area contributed by atoms with Gasteiger partial charge in [-0.1, -0.05) is 18.2 Å². The molecule has 0 radical (unpaired) electrons. The van der Waals surface area contributed by atoms with E-state index < -0.39 is 0 Å². The van der Waals surface area contributed by atoms with Crippen LogP contribution in [0.25, 0.3) is 0 Å². The fourth-order valence-electron chi connectivity index (χ4n) is 2.81. The molecule has 1 fully saturated rings. The van der Waals surface area contributed by atoms with Crippen LogP contribution in [0.3, 0.4) is 0 Å². The molecule has 1 heterocycles. The Morgan fingerprint density at radius 2 is 2.22 bits per heavy atom. The molecule has 0 saturated carbocycles. The summed E-state index contributed by atoms with van der Waals surface area (Å²) in [5.41, 5.74) is 4.16. The Morgan fingerprint density at radius 1 is 1.33 bits per heavy atom. The Bertz CT molecular complexity index is 450. The second-order valence-corrected chi connectivity index (χ2v) is 5.23. The molecule has 1 aliphatic heterocycles. The summed E-state index contributed by atoms with van der Waals surface area (Å²) in [6.45, 7) is 1.94. The Hall–Kier alpha value is -1.35. The first-order valence-electron chi connectivity index (χ1n) is 6.79. The van der Waals surface area contributed by atoms with E-state index in [1.54, 1.807) is 0 Å². The molecule has 1 atom stereocenters. The molecule has 3 nitrogen and oxygen atoms in total. The predicted octanol–water partition coefficient (Wildman–Crippen LogP) is 1.83. The van der Waals surface area contributed by atoms with E-state index in [0.717, 1.165) is 13.0 Å². The van der Waals surface area contributed by atoms with Gasteiger partial charge >= 0.3 is 0 Å². The molecular weight excluding hydrogens is 226 g/mol. The zero-order chi connectivity index (χ0) is 12.4. The molecule has 0 spiro atoms. The van der Waals surface area contributed by atoms with Crippen LogP contribution >= 0.6 is 0 Å². The van der Waals surface area contributed by atoms with Crippen LogP contribution in [0.5, 0.6) is 0 Å². The molecule has 1 unspecified atom stereocenters. The second-order valence-electron chi connectivity index (χ2n) is 5.23. The lowest BCUT2D eigenvalue weighted by Gasteiger charge is -2.10. The molecule has 1 amide bonds. The minimum atomic E-state index is 0.0550. The quantitative estimate of drug-likeness (QED) is 0.882. The fourth-order valence-corrected chi connectivity index (χ4v) is 2.81. The maximum Gasteiger partial charge on any atom is 0.225 e. The van der Waals surface area contributed by atoms with Crippen molar-refractivity contribution in [3.63, 3.8) is 0 Å². The largest absolute Gasteiger partial charge is 0.381 e. The number of carbonyl (C=O) groups is 1. The minimum Gasteiger partial charge on any atom is -0.381 e. The van der Waals surface area contributed by atoms with E-state index in [1.165, 1.54) is 36.0 Å². The lowest BCUT2D eigenvalue weighted by molar-refractivity contribution is -0.125. The van der Waals surface area contributed by atoms with E-state index in [1.807, 2.05) is 0 Å². The average molecular weight is 245 g/mol. The SMILES string of the molecule is O=C(NCc1ccc2c(c1)CCC2)C1CCOC1. The number of hydrogen-bond donors (Lipinski definition) is 1. The fraction of sp³-hybridized carbons (Fsp3) is 0.533. The van der Waals surface area contributed by atoms with Crippen molar-refractivity contribution in [1.82, 2.24) is 5.32 Å². The highest BCUT2D eigenvalue weighted by molar-refractivity contribution is 5.78. The number of aryl methyl sites for hydroxylation is 2. The van der Waals surface area contributed by atoms with Gasteiger partial charge in [0.25, 0.3) is 0 Å². The molecule has 96 valence electrons. The van der Waals surface area contributed by atoms with Gasteiger partial charge in [0, 0.05) is 13.2 Å². The number of amides is 1. The lowest BCUT2D eigenvalue weighted by atomic mass is 10.1. The van der Waals surface area contributed by atoms with Crippen molar-refractivity contribution in [1.29, 1.82) is 0 Å². The van der Waals surface area contributed by atoms with Gasteiger partial charge in [0.05, 0.1) is 12.5 Å². The van der Waals surface area contributed by atoms with Crippen LogP contribution < -0.4 is 5.32 Å². The summed E-state index contributed by atoms with van der Waals surface area (Å²) in [6.07, 6.45) is 4.52. The van der Waals surface area contributed by atoms with Gasteiger partial charge in [-0.25, -0.2) is 0 Å². The normalized spacial score (nSPS) is 21.9. The number of hydrogen-bond acceptors (Lipinski definition) is 2. The standard InChI is InChI=1S/C15H19NO2/c17-15(14-6-7-18-10-14)16-9-11-4-5-12-2-1-3-13(12)8-11/h4-5,8,14H,1-3,6-7,9-10H2,(H,16,17). The molecule has 2 aliphatic rings. The molecular formula is C15H19NO2. The van der Waals surface area contributed by atoms with Gasteiger partial charge < -0.3 is 10.1 Å². The zero-order valence-corrected chi connectivity index (χ0v) is 10.6. The molecule has 1 N–H and O–H groups in total. The second kappa shape index (κ2) is 5.11. The third kappa shape index (κ3) is 2.41. The summed E-state index contributed by atoms with van der Waals surface area (Å²) in [6, 6.07) is 6.59. The summed E-state index contributed by atoms with van der Waals surface area (Å²) in [4.78, 5) is 11.9. The van der Waals surface area contributed by atoms with E-state index in [0.29, 0.717) is 13.2 Å². The van der Waals surface area contributed by atoms with Crippen molar-refractivity contribution >= 4 is 5.91 Å². The van der Waals surface area contributed by atoms with E-state index in [2.05, 4.69) is 23.5 Å². The van der Waals surface area contributed by atoms with Gasteiger partial charge in [0.1, 0.15) is 0 Å². The lowest BCUT2D eigenvalue weighted by Crippen LogP contribution is -2.30. The van der Waals surface area contributed by atoms with Crippen molar-refractivity contribution in [2.45, 2.75) is 32.2 Å². The maximum atomic E-state index is 11.9. The van der Waals surface area contributed by atoms with Crippen molar-refractivity contribution < 1.29 is 9.53 Å². The van der Waals surface area contributed by atoms with E-state index >= 15 is 0 Å². The number of fused-ring (bicyclic) bond motifs is 1. The van der Waals surface area contributed by atoms with E-state index in [9.17, 15) is 4.79 Å². The maximum absolute atomic E-state index is 11.9. The Kier molecular flexibility index (Phi) is 3.33. The van der Waals surface area contributed by atoms with Gasteiger partial charge in [0.2, 0.25) is 5.91 Å². The Morgan fingerprint density at radius 3 is 3.06 bits per heavy atom. The average Bonchev–Trinajstić information content (AvgIpc) is 3.05. The monoisotopic (exact) mass is 245 g/mol. The van der Waals surface area contributed by atoms with Crippen LogP contribution in [0.1, 0.15) is 29.5 Å². The Labute approximate surface area is 108 Å². The third-order valence-electron chi connectivity index (χ3n) is 3.93. The van der Waals surface area contributed by atoms with Crippen molar-refractivity contribution in [3.8, 4) is 0 Å². The van der Waals surface area contributed by atoms with Crippen LogP contribution in [-0.2, 0) is 28.9 Å². The molecule has 1 aliphatic carbocycles. The summed E-state index contributed by atoms with van der Waals surface area (Å²) in [7, 11) is 0. The Balaban J connectivity index is 1.58. The first-order chi connectivity index (χ1) is 8.83. The van der Waals surface area contributed by atoms with Crippen molar-refractivity contribution in [2.75, 3.05) is 13.2 Å². The van der Waals surface area contributed by atoms with Crippen LogP contribution in [0.15, 0.2) is 18.2 Å². The highest BCUT2D eigenvalue weighted by Crippen LogP contribution is 2.22. The predicted molar refractivity (Wildman–Crippen MR) is 69.2 cm³/mol. The van der Waals surface area contributed by atoms with Crippen LogP contribution in [0, 0.1) is 5.92 Å². The van der Waals surface area contributed by atoms with Crippen molar-refractivity contribution in [3.05, 3.63) is 34.9 Å². The number of rotatable bonds is 3. The first-order valence-corrected chi connectivity index (χ1v) is 6.79. The van der Waals surface area contributed by atoms with Gasteiger partial charge in [0.15, 0.2) is 0 Å². The molecule has 1 aromatic carbocycles. The zero-order valence-electron chi connectivity index (χ0n) is 10.6. The summed E-state index contributed by atoms with van der Waals surface area (Å²) in [5.74, 6) is 0.187. The minimum absolute atomic E-state index is 0.0550. The van der Waals surface area contributed by atoms with Gasteiger partial charge in [-0.15, -0.1) is 0 Å². The van der Waals surface area contributed by atoms with Gasteiger partial charge in [-0.05, 0) is 42.4 Å². The van der Waals surface area contributed by atoms with E-state index in [4.69, 9.17) is 4.74 Å². The number of nitrogens with one attached hydrogen (secondary N) is 1. The molecule has 1 saturated heterocycles. The molecule has 0 aromatic heterocycles. The molecule has 3 heteroatoms. The van der Waals surface area contributed by atoms with Crippen LogP contribution in [-0.4, -0.2) is 19.1 Å². The third-order valence-corrected chi connectivity index (χ3v) is 3.93. The molecule has 0 bridgehead atoms.